The maximum absolute atomic E-state index is 6.01. The van der Waals surface area contributed by atoms with Gasteiger partial charge in [0.2, 0.25) is 5.88 Å². The molecule has 3 heteroatoms. The van der Waals surface area contributed by atoms with E-state index in [4.69, 9.17) is 4.74 Å². The van der Waals surface area contributed by atoms with Crippen molar-refractivity contribution in [2.75, 3.05) is 0 Å². The molecular formula is C18H16BrNO. The Morgan fingerprint density at radius 3 is 2.71 bits per heavy atom. The van der Waals surface area contributed by atoms with Gasteiger partial charge in [-0.25, -0.2) is 4.98 Å². The first-order chi connectivity index (χ1) is 10.3. The number of ether oxygens (including phenoxy) is 1. The number of rotatable bonds is 4. The third-order valence-electron chi connectivity index (χ3n) is 3.43. The molecule has 2 aromatic carbocycles. The molecule has 21 heavy (non-hydrogen) atoms. The minimum Gasteiger partial charge on any atom is -0.439 e. The largest absolute Gasteiger partial charge is 0.439 e. The quantitative estimate of drug-likeness (QED) is 0.586. The molecule has 0 aliphatic carbocycles. The van der Waals surface area contributed by atoms with Crippen LogP contribution in [0.4, 0.5) is 0 Å². The van der Waals surface area contributed by atoms with Gasteiger partial charge in [0.1, 0.15) is 5.75 Å². The number of aromatic nitrogens is 1. The van der Waals surface area contributed by atoms with Crippen molar-refractivity contribution >= 4 is 26.8 Å². The Morgan fingerprint density at radius 1 is 1.05 bits per heavy atom. The number of alkyl halides is 1. The fourth-order valence-corrected chi connectivity index (χ4v) is 2.67. The maximum Gasteiger partial charge on any atom is 0.223 e. The molecule has 0 spiro atoms. The van der Waals surface area contributed by atoms with Crippen LogP contribution in [0.25, 0.3) is 10.9 Å². The van der Waals surface area contributed by atoms with Gasteiger partial charge in [-0.3, -0.25) is 0 Å². The summed E-state index contributed by atoms with van der Waals surface area (Å²) in [5.41, 5.74) is 3.26. The molecule has 3 rings (SSSR count). The zero-order chi connectivity index (χ0) is 14.7. The third-order valence-corrected chi connectivity index (χ3v) is 4.03. The predicted octanol–water partition coefficient (Wildman–Crippen LogP) is 5.48. The Labute approximate surface area is 132 Å². The minimum absolute atomic E-state index is 0.666. The van der Waals surface area contributed by atoms with Crippen LogP contribution in [0, 0.1) is 0 Å². The number of hydrogen-bond donors (Lipinski definition) is 0. The van der Waals surface area contributed by atoms with Gasteiger partial charge in [-0.15, -0.1) is 0 Å². The summed E-state index contributed by atoms with van der Waals surface area (Å²) in [5.74, 6) is 1.50. The van der Waals surface area contributed by atoms with E-state index in [9.17, 15) is 0 Å². The first-order valence-electron chi connectivity index (χ1n) is 7.01. The van der Waals surface area contributed by atoms with Crippen LogP contribution >= 0.6 is 15.9 Å². The number of halogens is 1. The summed E-state index contributed by atoms with van der Waals surface area (Å²) in [6, 6.07) is 18.4. The van der Waals surface area contributed by atoms with E-state index >= 15 is 0 Å². The van der Waals surface area contributed by atoms with Crippen molar-refractivity contribution in [2.24, 2.45) is 0 Å². The average molecular weight is 342 g/mol. The first kappa shape index (κ1) is 14.1. The Hall–Kier alpha value is -1.87. The Kier molecular flexibility index (Phi) is 4.20. The summed E-state index contributed by atoms with van der Waals surface area (Å²) < 4.78 is 6.01. The van der Waals surface area contributed by atoms with Gasteiger partial charge < -0.3 is 4.74 Å². The summed E-state index contributed by atoms with van der Waals surface area (Å²) in [5, 5.41) is 1.84. The summed E-state index contributed by atoms with van der Waals surface area (Å²) in [4.78, 5) is 4.64. The lowest BCUT2D eigenvalue weighted by molar-refractivity contribution is 0.460. The summed E-state index contributed by atoms with van der Waals surface area (Å²) >= 11 is 3.52. The van der Waals surface area contributed by atoms with Crippen LogP contribution in [-0.4, -0.2) is 4.98 Å². The molecule has 0 fully saturated rings. The van der Waals surface area contributed by atoms with Crippen molar-refractivity contribution in [3.63, 3.8) is 0 Å². The number of nitrogens with zero attached hydrogens (tertiary/aromatic N) is 1. The second-order valence-electron chi connectivity index (χ2n) is 4.88. The Balaban J connectivity index is 2.02. The molecule has 0 amide bonds. The Morgan fingerprint density at radius 2 is 1.90 bits per heavy atom. The number of benzene rings is 2. The number of aryl methyl sites for hydroxylation is 1. The lowest BCUT2D eigenvalue weighted by atomic mass is 10.1. The molecule has 2 nitrogen and oxygen atoms in total. The van der Waals surface area contributed by atoms with E-state index in [-0.39, 0.29) is 0 Å². The smallest absolute Gasteiger partial charge is 0.223 e. The molecule has 0 N–H and O–H groups in total. The highest BCUT2D eigenvalue weighted by Crippen LogP contribution is 2.28. The van der Waals surface area contributed by atoms with Gasteiger partial charge in [0.25, 0.3) is 0 Å². The number of hydrogen-bond acceptors (Lipinski definition) is 2. The van der Waals surface area contributed by atoms with E-state index in [1.165, 1.54) is 5.56 Å². The van der Waals surface area contributed by atoms with Crippen molar-refractivity contribution in [2.45, 2.75) is 18.7 Å². The zero-order valence-corrected chi connectivity index (χ0v) is 13.4. The second-order valence-corrected chi connectivity index (χ2v) is 5.44. The topological polar surface area (TPSA) is 22.1 Å². The predicted molar refractivity (Wildman–Crippen MR) is 90.3 cm³/mol. The SMILES string of the molecule is CCc1cccc(Oc2nc3ccccc3cc2CBr)c1. The highest BCUT2D eigenvalue weighted by Gasteiger charge is 2.08. The molecule has 1 aromatic heterocycles. The molecule has 0 radical (unpaired) electrons. The van der Waals surface area contributed by atoms with Gasteiger partial charge in [-0.1, -0.05) is 53.2 Å². The average Bonchev–Trinajstić information content (AvgIpc) is 2.54. The molecule has 106 valence electrons. The third kappa shape index (κ3) is 3.08. The minimum atomic E-state index is 0.666. The normalized spacial score (nSPS) is 10.8. The van der Waals surface area contributed by atoms with Crippen molar-refractivity contribution in [3.05, 3.63) is 65.7 Å². The van der Waals surface area contributed by atoms with Crippen LogP contribution in [-0.2, 0) is 11.8 Å². The number of para-hydroxylation sites is 1. The van der Waals surface area contributed by atoms with Crippen molar-refractivity contribution in [1.82, 2.24) is 4.98 Å². The van der Waals surface area contributed by atoms with Crippen molar-refractivity contribution in [3.8, 4) is 11.6 Å². The number of fused-ring (bicyclic) bond motifs is 1. The molecule has 0 unspecified atom stereocenters. The highest BCUT2D eigenvalue weighted by molar-refractivity contribution is 9.08. The van der Waals surface area contributed by atoms with Crippen LogP contribution in [0.3, 0.4) is 0 Å². The van der Waals surface area contributed by atoms with Gasteiger partial charge in [0, 0.05) is 16.3 Å². The van der Waals surface area contributed by atoms with Crippen LogP contribution in [0.1, 0.15) is 18.1 Å². The monoisotopic (exact) mass is 341 g/mol. The highest BCUT2D eigenvalue weighted by atomic mass is 79.9. The Bertz CT molecular complexity index is 770. The first-order valence-corrected chi connectivity index (χ1v) is 8.13. The summed E-state index contributed by atoms with van der Waals surface area (Å²) in [6.45, 7) is 2.14. The van der Waals surface area contributed by atoms with E-state index in [0.717, 1.165) is 28.6 Å². The molecular weight excluding hydrogens is 326 g/mol. The molecule has 0 saturated heterocycles. The van der Waals surface area contributed by atoms with Crippen LogP contribution in [0.2, 0.25) is 0 Å². The van der Waals surface area contributed by atoms with Gasteiger partial charge in [0.05, 0.1) is 5.52 Å². The van der Waals surface area contributed by atoms with Crippen LogP contribution < -0.4 is 4.74 Å². The van der Waals surface area contributed by atoms with Gasteiger partial charge in [0.15, 0.2) is 0 Å². The second kappa shape index (κ2) is 6.27. The molecule has 0 aliphatic heterocycles. The van der Waals surface area contributed by atoms with E-state index in [1.54, 1.807) is 0 Å². The van der Waals surface area contributed by atoms with E-state index < -0.39 is 0 Å². The van der Waals surface area contributed by atoms with E-state index in [1.807, 2.05) is 30.3 Å². The number of pyridine rings is 1. The summed E-state index contributed by atoms with van der Waals surface area (Å²) in [7, 11) is 0. The van der Waals surface area contributed by atoms with E-state index in [0.29, 0.717) is 11.2 Å². The molecule has 0 bridgehead atoms. The lowest BCUT2D eigenvalue weighted by Gasteiger charge is -2.11. The van der Waals surface area contributed by atoms with E-state index in [2.05, 4.69) is 52.1 Å². The fourth-order valence-electron chi connectivity index (χ4n) is 2.27. The molecule has 0 saturated carbocycles. The molecule has 1 heterocycles. The maximum atomic E-state index is 6.01. The molecule has 0 aliphatic rings. The van der Waals surface area contributed by atoms with Crippen LogP contribution in [0.15, 0.2) is 54.6 Å². The van der Waals surface area contributed by atoms with Gasteiger partial charge >= 0.3 is 0 Å². The van der Waals surface area contributed by atoms with Gasteiger partial charge in [-0.2, -0.15) is 0 Å². The zero-order valence-electron chi connectivity index (χ0n) is 11.8. The summed E-state index contributed by atoms with van der Waals surface area (Å²) in [6.07, 6.45) is 0.994. The van der Waals surface area contributed by atoms with Crippen molar-refractivity contribution in [1.29, 1.82) is 0 Å². The van der Waals surface area contributed by atoms with Crippen molar-refractivity contribution < 1.29 is 4.74 Å². The standard InChI is InChI=1S/C18H16BrNO/c1-2-13-6-5-8-16(10-13)21-18-15(12-19)11-14-7-3-4-9-17(14)20-18/h3-11H,2,12H2,1H3. The van der Waals surface area contributed by atoms with Crippen LogP contribution in [0.5, 0.6) is 11.6 Å². The van der Waals surface area contributed by atoms with Gasteiger partial charge in [-0.05, 0) is 36.2 Å². The molecule has 3 aromatic rings. The lowest BCUT2D eigenvalue weighted by Crippen LogP contribution is -1.94. The molecule has 0 atom stereocenters. The fraction of sp³-hybridized carbons (Fsp3) is 0.167.